The molecule has 14 heavy (non-hydrogen) atoms. The normalized spacial score (nSPS) is 13.9. The first-order valence-corrected chi connectivity index (χ1v) is 4.41. The highest BCUT2D eigenvalue weighted by molar-refractivity contribution is 6.09. The fraction of sp³-hybridized carbons (Fsp3) is 0.182. The minimum Gasteiger partial charge on any atom is -0.378 e. The van der Waals surface area contributed by atoms with Gasteiger partial charge in [-0.3, -0.25) is 4.79 Å². The minimum atomic E-state index is -0.0614. The number of carbonyl (C=O) groups is 1. The predicted octanol–water partition coefficient (Wildman–Crippen LogP) is 1.47. The number of nitrogens with one attached hydrogen (secondary N) is 1. The number of rotatable bonds is 1. The van der Waals surface area contributed by atoms with E-state index < -0.39 is 0 Å². The van der Waals surface area contributed by atoms with Gasteiger partial charge in [0, 0.05) is 31.0 Å². The average Bonchev–Trinajstić information content (AvgIpc) is 2.42. The molecule has 1 heterocycles. The highest BCUT2D eigenvalue weighted by atomic mass is 16.1. The number of nitrogens with zero attached hydrogens (tertiary/aromatic N) is 1. The third kappa shape index (κ3) is 1.18. The summed E-state index contributed by atoms with van der Waals surface area (Å²) in [5.41, 5.74) is 3.32. The standard InChI is InChI=1S/C11H12N2O/c1-7-9-5-4-8(13(2)3)6-10(9)11(14)12-7/h4-6H,1H2,2-3H3,(H,12,14). The summed E-state index contributed by atoms with van der Waals surface area (Å²) in [5, 5.41) is 2.70. The van der Waals surface area contributed by atoms with Gasteiger partial charge in [-0.05, 0) is 12.1 Å². The van der Waals surface area contributed by atoms with Gasteiger partial charge in [0.1, 0.15) is 0 Å². The fourth-order valence-electron chi connectivity index (χ4n) is 1.53. The Kier molecular flexibility index (Phi) is 1.81. The summed E-state index contributed by atoms with van der Waals surface area (Å²) in [5.74, 6) is -0.0614. The van der Waals surface area contributed by atoms with Gasteiger partial charge in [0.15, 0.2) is 0 Å². The summed E-state index contributed by atoms with van der Waals surface area (Å²) in [7, 11) is 3.90. The summed E-state index contributed by atoms with van der Waals surface area (Å²) in [4.78, 5) is 13.4. The van der Waals surface area contributed by atoms with E-state index in [1.807, 2.05) is 37.2 Å². The maximum Gasteiger partial charge on any atom is 0.256 e. The van der Waals surface area contributed by atoms with E-state index in [2.05, 4.69) is 11.9 Å². The molecule has 1 aliphatic heterocycles. The quantitative estimate of drug-likeness (QED) is 0.723. The molecule has 0 saturated carbocycles. The van der Waals surface area contributed by atoms with E-state index in [4.69, 9.17) is 0 Å². The number of anilines is 1. The topological polar surface area (TPSA) is 32.3 Å². The summed E-state index contributed by atoms with van der Waals surface area (Å²) < 4.78 is 0. The van der Waals surface area contributed by atoms with Crippen molar-refractivity contribution in [1.82, 2.24) is 5.32 Å². The van der Waals surface area contributed by atoms with Crippen LogP contribution in [0, 0.1) is 0 Å². The smallest absolute Gasteiger partial charge is 0.256 e. The van der Waals surface area contributed by atoms with Crippen molar-refractivity contribution in [2.24, 2.45) is 0 Å². The number of hydrogen-bond acceptors (Lipinski definition) is 2. The second-order valence-corrected chi connectivity index (χ2v) is 3.56. The third-order valence-electron chi connectivity index (χ3n) is 2.35. The van der Waals surface area contributed by atoms with E-state index in [0.717, 1.165) is 11.3 Å². The van der Waals surface area contributed by atoms with Crippen molar-refractivity contribution >= 4 is 17.3 Å². The number of fused-ring (bicyclic) bond motifs is 1. The van der Waals surface area contributed by atoms with Gasteiger partial charge in [0.05, 0.1) is 5.56 Å². The zero-order valence-corrected chi connectivity index (χ0v) is 8.29. The van der Waals surface area contributed by atoms with E-state index in [-0.39, 0.29) is 5.91 Å². The van der Waals surface area contributed by atoms with Crippen molar-refractivity contribution < 1.29 is 4.79 Å². The fourth-order valence-corrected chi connectivity index (χ4v) is 1.53. The van der Waals surface area contributed by atoms with Crippen LogP contribution < -0.4 is 10.2 Å². The van der Waals surface area contributed by atoms with Gasteiger partial charge in [-0.25, -0.2) is 0 Å². The Hall–Kier alpha value is -1.77. The minimum absolute atomic E-state index is 0.0614. The van der Waals surface area contributed by atoms with Gasteiger partial charge in [0.25, 0.3) is 5.91 Å². The molecule has 0 saturated heterocycles. The zero-order valence-electron chi connectivity index (χ0n) is 8.29. The molecule has 0 spiro atoms. The lowest BCUT2D eigenvalue weighted by Gasteiger charge is -2.12. The first kappa shape index (κ1) is 8.81. The Morgan fingerprint density at radius 3 is 2.64 bits per heavy atom. The monoisotopic (exact) mass is 188 g/mol. The molecular weight excluding hydrogens is 176 g/mol. The third-order valence-corrected chi connectivity index (χ3v) is 2.35. The van der Waals surface area contributed by atoms with E-state index in [1.54, 1.807) is 0 Å². The molecule has 0 bridgehead atoms. The van der Waals surface area contributed by atoms with E-state index in [0.29, 0.717) is 11.3 Å². The van der Waals surface area contributed by atoms with E-state index in [9.17, 15) is 4.79 Å². The predicted molar refractivity (Wildman–Crippen MR) is 57.3 cm³/mol. The molecule has 1 aromatic carbocycles. The summed E-state index contributed by atoms with van der Waals surface area (Å²) in [6, 6.07) is 5.78. The zero-order chi connectivity index (χ0) is 10.3. The van der Waals surface area contributed by atoms with E-state index in [1.165, 1.54) is 0 Å². The van der Waals surface area contributed by atoms with Crippen molar-refractivity contribution in [2.75, 3.05) is 19.0 Å². The van der Waals surface area contributed by atoms with Crippen LogP contribution in [-0.2, 0) is 0 Å². The van der Waals surface area contributed by atoms with Crippen molar-refractivity contribution in [1.29, 1.82) is 0 Å². The van der Waals surface area contributed by atoms with Crippen molar-refractivity contribution in [3.63, 3.8) is 0 Å². The Bertz CT molecular complexity index is 421. The maximum absolute atomic E-state index is 11.5. The Labute approximate surface area is 83.0 Å². The van der Waals surface area contributed by atoms with Crippen LogP contribution in [0.15, 0.2) is 24.8 Å². The molecule has 0 unspecified atom stereocenters. The van der Waals surface area contributed by atoms with Crippen LogP contribution in [0.1, 0.15) is 15.9 Å². The molecule has 3 nitrogen and oxygen atoms in total. The number of hydrogen-bond donors (Lipinski definition) is 1. The average molecular weight is 188 g/mol. The van der Waals surface area contributed by atoms with Crippen LogP contribution in [0.4, 0.5) is 5.69 Å². The molecule has 1 amide bonds. The molecule has 0 atom stereocenters. The van der Waals surface area contributed by atoms with Gasteiger partial charge in [0.2, 0.25) is 0 Å². The van der Waals surface area contributed by atoms with Crippen LogP contribution >= 0.6 is 0 Å². The lowest BCUT2D eigenvalue weighted by Crippen LogP contribution is -2.12. The highest BCUT2D eigenvalue weighted by Crippen LogP contribution is 2.26. The largest absolute Gasteiger partial charge is 0.378 e. The molecule has 0 aromatic heterocycles. The molecule has 2 rings (SSSR count). The second kappa shape index (κ2) is 2.87. The van der Waals surface area contributed by atoms with Crippen LogP contribution in [0.5, 0.6) is 0 Å². The van der Waals surface area contributed by atoms with Crippen molar-refractivity contribution in [2.45, 2.75) is 0 Å². The van der Waals surface area contributed by atoms with Gasteiger partial charge >= 0.3 is 0 Å². The molecule has 3 heteroatoms. The van der Waals surface area contributed by atoms with Crippen LogP contribution in [0.3, 0.4) is 0 Å². The van der Waals surface area contributed by atoms with E-state index >= 15 is 0 Å². The van der Waals surface area contributed by atoms with Crippen LogP contribution in [0.25, 0.3) is 5.70 Å². The van der Waals surface area contributed by atoms with Crippen molar-refractivity contribution in [3.05, 3.63) is 35.9 Å². The van der Waals surface area contributed by atoms with Crippen LogP contribution in [-0.4, -0.2) is 20.0 Å². The molecular formula is C11H12N2O. The molecule has 0 aliphatic carbocycles. The first-order chi connectivity index (χ1) is 6.59. The summed E-state index contributed by atoms with van der Waals surface area (Å²) >= 11 is 0. The molecule has 0 radical (unpaired) electrons. The highest BCUT2D eigenvalue weighted by Gasteiger charge is 2.22. The Morgan fingerprint density at radius 1 is 1.29 bits per heavy atom. The molecule has 0 fully saturated rings. The second-order valence-electron chi connectivity index (χ2n) is 3.56. The lowest BCUT2D eigenvalue weighted by molar-refractivity contribution is 0.0981. The van der Waals surface area contributed by atoms with Gasteiger partial charge in [-0.15, -0.1) is 0 Å². The first-order valence-electron chi connectivity index (χ1n) is 4.41. The number of benzene rings is 1. The molecule has 1 N–H and O–H groups in total. The summed E-state index contributed by atoms with van der Waals surface area (Å²) in [6.45, 7) is 3.77. The maximum atomic E-state index is 11.5. The molecule has 72 valence electrons. The molecule has 1 aromatic rings. The van der Waals surface area contributed by atoms with Gasteiger partial charge < -0.3 is 10.2 Å². The molecule has 1 aliphatic rings. The lowest BCUT2D eigenvalue weighted by atomic mass is 10.1. The SMILES string of the molecule is C=C1NC(=O)c2cc(N(C)C)ccc21. The number of amides is 1. The van der Waals surface area contributed by atoms with Gasteiger partial charge in [-0.1, -0.05) is 12.6 Å². The van der Waals surface area contributed by atoms with Crippen molar-refractivity contribution in [3.8, 4) is 0 Å². The number of carbonyl (C=O) groups excluding carboxylic acids is 1. The Balaban J connectivity index is 2.55. The van der Waals surface area contributed by atoms with Crippen LogP contribution in [0.2, 0.25) is 0 Å². The Morgan fingerprint density at radius 2 is 2.00 bits per heavy atom. The summed E-state index contributed by atoms with van der Waals surface area (Å²) in [6.07, 6.45) is 0. The van der Waals surface area contributed by atoms with Gasteiger partial charge in [-0.2, -0.15) is 0 Å².